The number of alkyl carbamates (subject to hydrolysis) is 1. The van der Waals surface area contributed by atoms with Gasteiger partial charge in [0.2, 0.25) is 5.96 Å². The van der Waals surface area contributed by atoms with Gasteiger partial charge in [-0.2, -0.15) is 0 Å². The molecular weight excluding hydrogens is 354 g/mol. The molecule has 1 atom stereocenters. The van der Waals surface area contributed by atoms with Crippen LogP contribution in [0.2, 0.25) is 0 Å². The average Bonchev–Trinajstić information content (AvgIpc) is 2.63. The molecule has 1 aromatic carbocycles. The highest BCUT2D eigenvalue weighted by Crippen LogP contribution is 2.05. The number of guanidine groups is 1. The minimum absolute atomic E-state index is 0.00623. The first kappa shape index (κ1) is 21.9. The molecule has 9 nitrogen and oxygen atoms in total. The standard InChI is InChI=1S/C18H25N3O6/c1-13(11-26-16(24)9-8-14-6-4-3-5-7-14)12-27-18(25)20-17(19)21(2)10-15(22)23/h3-7,13H,8-12H2,1-2H3,(H,22,23)(H2,19,20,25). The molecule has 0 fully saturated rings. The molecule has 9 heteroatoms. The van der Waals surface area contributed by atoms with Crippen LogP contribution in [0.15, 0.2) is 30.3 Å². The van der Waals surface area contributed by atoms with E-state index < -0.39 is 18.6 Å². The summed E-state index contributed by atoms with van der Waals surface area (Å²) < 4.78 is 10.1. The molecule has 0 aliphatic heterocycles. The maximum atomic E-state index is 11.7. The van der Waals surface area contributed by atoms with E-state index in [1.807, 2.05) is 30.3 Å². The van der Waals surface area contributed by atoms with Crippen molar-refractivity contribution in [1.29, 1.82) is 5.41 Å². The van der Waals surface area contributed by atoms with E-state index in [1.54, 1.807) is 6.92 Å². The van der Waals surface area contributed by atoms with E-state index in [9.17, 15) is 14.4 Å². The summed E-state index contributed by atoms with van der Waals surface area (Å²) in [5.41, 5.74) is 1.05. The Kier molecular flexibility index (Phi) is 9.35. The predicted octanol–water partition coefficient (Wildman–Crippen LogP) is 1.48. The van der Waals surface area contributed by atoms with Crippen molar-refractivity contribution in [2.45, 2.75) is 19.8 Å². The molecule has 0 aromatic heterocycles. The molecule has 0 radical (unpaired) electrons. The Labute approximate surface area is 157 Å². The van der Waals surface area contributed by atoms with Crippen molar-refractivity contribution in [3.63, 3.8) is 0 Å². The molecule has 1 rings (SSSR count). The normalized spacial score (nSPS) is 11.2. The van der Waals surface area contributed by atoms with E-state index in [0.717, 1.165) is 10.5 Å². The van der Waals surface area contributed by atoms with Crippen molar-refractivity contribution in [1.82, 2.24) is 10.2 Å². The van der Waals surface area contributed by atoms with Crippen LogP contribution in [-0.2, 0) is 25.5 Å². The summed E-state index contributed by atoms with van der Waals surface area (Å²) in [7, 11) is 1.36. The van der Waals surface area contributed by atoms with Gasteiger partial charge in [0.1, 0.15) is 6.54 Å². The number of carbonyl (C=O) groups excluding carboxylic acids is 2. The van der Waals surface area contributed by atoms with Gasteiger partial charge in [-0.25, -0.2) is 4.79 Å². The van der Waals surface area contributed by atoms with Gasteiger partial charge < -0.3 is 19.5 Å². The monoisotopic (exact) mass is 379 g/mol. The van der Waals surface area contributed by atoms with E-state index in [0.29, 0.717) is 6.42 Å². The van der Waals surface area contributed by atoms with Gasteiger partial charge in [-0.1, -0.05) is 37.3 Å². The minimum atomic E-state index is -1.12. The third-order valence-corrected chi connectivity index (χ3v) is 3.46. The average molecular weight is 379 g/mol. The number of amides is 1. The maximum absolute atomic E-state index is 11.7. The predicted molar refractivity (Wildman–Crippen MR) is 97.4 cm³/mol. The van der Waals surface area contributed by atoms with Gasteiger partial charge in [0.25, 0.3) is 0 Å². The molecule has 0 saturated carbocycles. The van der Waals surface area contributed by atoms with Crippen molar-refractivity contribution in [2.24, 2.45) is 5.92 Å². The molecule has 0 heterocycles. The van der Waals surface area contributed by atoms with Crippen molar-refractivity contribution in [3.8, 4) is 0 Å². The number of carbonyl (C=O) groups is 3. The van der Waals surface area contributed by atoms with Gasteiger partial charge in [-0.05, 0) is 12.0 Å². The molecule has 1 amide bonds. The van der Waals surface area contributed by atoms with Crippen LogP contribution in [0.3, 0.4) is 0 Å². The van der Waals surface area contributed by atoms with E-state index in [1.165, 1.54) is 7.05 Å². The number of rotatable bonds is 9. The summed E-state index contributed by atoms with van der Waals surface area (Å²) in [6.45, 7) is 1.43. The van der Waals surface area contributed by atoms with E-state index in [4.69, 9.17) is 20.0 Å². The second kappa shape index (κ2) is 11.5. The second-order valence-electron chi connectivity index (χ2n) is 6.10. The Balaban J connectivity index is 2.19. The van der Waals surface area contributed by atoms with Crippen molar-refractivity contribution >= 4 is 24.0 Å². The summed E-state index contributed by atoms with van der Waals surface area (Å²) in [5, 5.41) is 18.3. The zero-order valence-electron chi connectivity index (χ0n) is 15.4. The van der Waals surface area contributed by atoms with Crippen molar-refractivity contribution in [2.75, 3.05) is 26.8 Å². The fourth-order valence-electron chi connectivity index (χ4n) is 1.97. The lowest BCUT2D eigenvalue weighted by Gasteiger charge is -2.18. The lowest BCUT2D eigenvalue weighted by molar-refractivity contribution is -0.145. The van der Waals surface area contributed by atoms with E-state index in [2.05, 4.69) is 5.32 Å². The van der Waals surface area contributed by atoms with Gasteiger partial charge in [-0.3, -0.25) is 20.3 Å². The molecule has 27 heavy (non-hydrogen) atoms. The molecular formula is C18H25N3O6. The first-order chi connectivity index (χ1) is 12.8. The summed E-state index contributed by atoms with van der Waals surface area (Å²) in [4.78, 5) is 34.9. The summed E-state index contributed by atoms with van der Waals surface area (Å²) >= 11 is 0. The highest BCUT2D eigenvalue weighted by atomic mass is 16.6. The Morgan fingerprint density at radius 1 is 1.19 bits per heavy atom. The van der Waals surface area contributed by atoms with Gasteiger partial charge in [0, 0.05) is 19.4 Å². The lowest BCUT2D eigenvalue weighted by Crippen LogP contribution is -2.44. The van der Waals surface area contributed by atoms with Crippen LogP contribution in [0.25, 0.3) is 0 Å². The second-order valence-corrected chi connectivity index (χ2v) is 6.10. The van der Waals surface area contributed by atoms with E-state index >= 15 is 0 Å². The number of benzene rings is 1. The van der Waals surface area contributed by atoms with Crippen LogP contribution in [0.5, 0.6) is 0 Å². The molecule has 0 spiro atoms. The van der Waals surface area contributed by atoms with Crippen LogP contribution >= 0.6 is 0 Å². The Morgan fingerprint density at radius 3 is 2.44 bits per heavy atom. The highest BCUT2D eigenvalue weighted by molar-refractivity contribution is 5.93. The summed E-state index contributed by atoms with van der Waals surface area (Å²) in [6, 6.07) is 9.60. The fourth-order valence-corrected chi connectivity index (χ4v) is 1.97. The number of carboxylic acids is 1. The number of aryl methyl sites for hydroxylation is 1. The number of nitrogens with zero attached hydrogens (tertiary/aromatic N) is 1. The molecule has 0 bridgehead atoms. The SMILES string of the molecule is CC(COC(=O)CCc1ccccc1)COC(=O)NC(=N)N(C)CC(=O)O. The molecule has 0 aliphatic rings. The largest absolute Gasteiger partial charge is 0.480 e. The van der Waals surface area contributed by atoms with Gasteiger partial charge in [-0.15, -0.1) is 0 Å². The lowest BCUT2D eigenvalue weighted by atomic mass is 10.1. The zero-order chi connectivity index (χ0) is 20.2. The molecule has 1 unspecified atom stereocenters. The third-order valence-electron chi connectivity index (χ3n) is 3.46. The first-order valence-electron chi connectivity index (χ1n) is 8.42. The van der Waals surface area contributed by atoms with Crippen LogP contribution in [-0.4, -0.2) is 60.8 Å². The van der Waals surface area contributed by atoms with Crippen LogP contribution in [0.1, 0.15) is 18.9 Å². The Morgan fingerprint density at radius 2 is 1.81 bits per heavy atom. The number of hydrogen-bond donors (Lipinski definition) is 3. The summed E-state index contributed by atoms with van der Waals surface area (Å²) in [5.74, 6) is -2.06. The Bertz CT molecular complexity index is 650. The number of aliphatic carboxylic acids is 1. The number of ether oxygens (including phenoxy) is 2. The number of carboxylic acid groups (broad SMARTS) is 1. The van der Waals surface area contributed by atoms with Crippen LogP contribution in [0.4, 0.5) is 4.79 Å². The first-order valence-corrected chi connectivity index (χ1v) is 8.42. The van der Waals surface area contributed by atoms with E-state index in [-0.39, 0.29) is 37.5 Å². The quantitative estimate of drug-likeness (QED) is 0.337. The number of nitrogens with one attached hydrogen (secondary N) is 2. The van der Waals surface area contributed by atoms with Crippen molar-refractivity contribution < 1.29 is 29.0 Å². The zero-order valence-corrected chi connectivity index (χ0v) is 15.4. The van der Waals surface area contributed by atoms with Crippen LogP contribution < -0.4 is 5.32 Å². The number of esters is 1. The van der Waals surface area contributed by atoms with Gasteiger partial charge >= 0.3 is 18.0 Å². The highest BCUT2D eigenvalue weighted by Gasteiger charge is 2.14. The Hall–Kier alpha value is -3.10. The van der Waals surface area contributed by atoms with Gasteiger partial charge in [0.05, 0.1) is 13.2 Å². The molecule has 0 saturated heterocycles. The molecule has 0 aliphatic carbocycles. The molecule has 148 valence electrons. The van der Waals surface area contributed by atoms with Crippen LogP contribution in [0, 0.1) is 11.3 Å². The number of likely N-dealkylation sites (N-methyl/N-ethyl adjacent to an activating group) is 1. The fraction of sp³-hybridized carbons (Fsp3) is 0.444. The summed E-state index contributed by atoms with van der Waals surface area (Å²) in [6.07, 6.45) is -0.0103. The number of hydrogen-bond acceptors (Lipinski definition) is 6. The maximum Gasteiger partial charge on any atom is 0.413 e. The van der Waals surface area contributed by atoms with Crippen molar-refractivity contribution in [3.05, 3.63) is 35.9 Å². The smallest absolute Gasteiger partial charge is 0.413 e. The third kappa shape index (κ3) is 9.83. The molecule has 3 N–H and O–H groups in total. The minimum Gasteiger partial charge on any atom is -0.480 e. The topological polar surface area (TPSA) is 129 Å². The van der Waals surface area contributed by atoms with Gasteiger partial charge in [0.15, 0.2) is 0 Å². The molecule has 1 aromatic rings.